The molecule has 7 nitrogen and oxygen atoms in total. The van der Waals surface area contributed by atoms with Crippen LogP contribution in [0.1, 0.15) is 24.8 Å². The Bertz CT molecular complexity index is 1370. The Kier molecular flexibility index (Phi) is 6.40. The van der Waals surface area contributed by atoms with Crippen LogP contribution in [-0.2, 0) is 17.9 Å². The van der Waals surface area contributed by atoms with Gasteiger partial charge in [-0.05, 0) is 62.7 Å². The number of amides is 1. The lowest BCUT2D eigenvalue weighted by Crippen LogP contribution is -2.35. The van der Waals surface area contributed by atoms with E-state index in [1.165, 1.54) is 29.7 Å². The molecule has 0 spiro atoms. The van der Waals surface area contributed by atoms with Crippen LogP contribution in [-0.4, -0.2) is 51.3 Å². The highest BCUT2D eigenvalue weighted by atomic mass is 19.1. The van der Waals surface area contributed by atoms with Crippen LogP contribution in [0, 0.1) is 5.82 Å². The number of halogens is 1. The number of carbonyl (C=O) groups is 1. The molecule has 0 radical (unpaired) electrons. The normalized spacial score (nSPS) is 14.3. The van der Waals surface area contributed by atoms with Gasteiger partial charge in [0.1, 0.15) is 17.9 Å². The summed E-state index contributed by atoms with van der Waals surface area (Å²) in [5, 5.41) is 8.86. The third-order valence-electron chi connectivity index (χ3n) is 6.49. The molecule has 34 heavy (non-hydrogen) atoms. The average molecular weight is 462 g/mol. The van der Waals surface area contributed by atoms with E-state index in [9.17, 15) is 14.0 Å². The van der Waals surface area contributed by atoms with Gasteiger partial charge in [0.25, 0.3) is 5.56 Å². The Morgan fingerprint density at radius 2 is 1.79 bits per heavy atom. The lowest BCUT2D eigenvalue weighted by molar-refractivity contribution is -0.121. The molecule has 0 unspecified atom stereocenters. The highest BCUT2D eigenvalue weighted by molar-refractivity contribution is 6.07. The van der Waals surface area contributed by atoms with Crippen molar-refractivity contribution in [2.24, 2.45) is 0 Å². The second-order valence-corrected chi connectivity index (χ2v) is 8.85. The molecule has 5 rings (SSSR count). The van der Waals surface area contributed by atoms with Crippen LogP contribution >= 0.6 is 0 Å². The van der Waals surface area contributed by atoms with Crippen molar-refractivity contribution in [1.82, 2.24) is 24.6 Å². The quantitative estimate of drug-likeness (QED) is 0.409. The number of hydrogen-bond acceptors (Lipinski definition) is 4. The summed E-state index contributed by atoms with van der Waals surface area (Å²) in [6.07, 6.45) is 5.04. The van der Waals surface area contributed by atoms with Gasteiger partial charge >= 0.3 is 0 Å². The van der Waals surface area contributed by atoms with E-state index in [0.29, 0.717) is 18.6 Å². The van der Waals surface area contributed by atoms with Gasteiger partial charge in [-0.2, -0.15) is 5.10 Å². The van der Waals surface area contributed by atoms with Crippen molar-refractivity contribution in [3.05, 3.63) is 76.5 Å². The minimum Gasteiger partial charge on any atom is -0.354 e. The molecule has 0 aliphatic carbocycles. The molecule has 1 fully saturated rings. The first-order chi connectivity index (χ1) is 16.6. The van der Waals surface area contributed by atoms with E-state index in [1.54, 1.807) is 18.3 Å². The summed E-state index contributed by atoms with van der Waals surface area (Å²) in [4.78, 5) is 28.4. The van der Waals surface area contributed by atoms with Gasteiger partial charge in [-0.15, -0.1) is 0 Å². The molecule has 3 heterocycles. The highest BCUT2D eigenvalue weighted by Gasteiger charge is 2.17. The average Bonchev–Trinajstić information content (AvgIpc) is 3.47. The van der Waals surface area contributed by atoms with Gasteiger partial charge in [0, 0.05) is 29.4 Å². The number of likely N-dealkylation sites (tertiary alicyclic amines) is 1. The van der Waals surface area contributed by atoms with Gasteiger partial charge in [-0.25, -0.2) is 9.07 Å². The van der Waals surface area contributed by atoms with Gasteiger partial charge in [0.05, 0.1) is 6.20 Å². The molecule has 1 aliphatic rings. The Labute approximate surface area is 196 Å². The van der Waals surface area contributed by atoms with Gasteiger partial charge in [-0.1, -0.05) is 30.3 Å². The van der Waals surface area contributed by atoms with Crippen LogP contribution < -0.4 is 10.9 Å². The van der Waals surface area contributed by atoms with Crippen molar-refractivity contribution < 1.29 is 9.18 Å². The molecule has 4 aromatic rings. The lowest BCUT2D eigenvalue weighted by Gasteiger charge is -2.14. The summed E-state index contributed by atoms with van der Waals surface area (Å²) in [7, 11) is 0. The van der Waals surface area contributed by atoms with Crippen molar-refractivity contribution in [1.29, 1.82) is 0 Å². The fourth-order valence-electron chi connectivity index (χ4n) is 4.77. The molecule has 2 aromatic carbocycles. The predicted molar refractivity (Wildman–Crippen MR) is 130 cm³/mol. The third-order valence-corrected chi connectivity index (χ3v) is 6.49. The molecule has 8 heteroatoms. The monoisotopic (exact) mass is 461 g/mol. The van der Waals surface area contributed by atoms with Crippen LogP contribution in [0.5, 0.6) is 0 Å². The molecule has 0 saturated carbocycles. The molecule has 1 amide bonds. The number of fused-ring (bicyclic) bond motifs is 3. The summed E-state index contributed by atoms with van der Waals surface area (Å²) in [6, 6.07) is 14.0. The zero-order valence-electron chi connectivity index (χ0n) is 19.0. The zero-order valence-corrected chi connectivity index (χ0v) is 19.0. The number of benzene rings is 2. The number of rotatable bonds is 8. The zero-order chi connectivity index (χ0) is 23.5. The Morgan fingerprint density at radius 1 is 1.03 bits per heavy atom. The first kappa shape index (κ1) is 22.3. The molecular weight excluding hydrogens is 433 g/mol. The topological polar surface area (TPSA) is 72.2 Å². The molecular formula is C26H28FN5O2. The van der Waals surface area contributed by atoms with Crippen molar-refractivity contribution in [2.75, 3.05) is 26.2 Å². The van der Waals surface area contributed by atoms with Crippen LogP contribution in [0.25, 0.3) is 21.8 Å². The van der Waals surface area contributed by atoms with E-state index in [4.69, 9.17) is 0 Å². The maximum Gasteiger partial charge on any atom is 0.291 e. The third kappa shape index (κ3) is 4.59. The smallest absolute Gasteiger partial charge is 0.291 e. The van der Waals surface area contributed by atoms with Gasteiger partial charge < -0.3 is 14.8 Å². The highest BCUT2D eigenvalue weighted by Crippen LogP contribution is 2.27. The minimum absolute atomic E-state index is 0.128. The van der Waals surface area contributed by atoms with E-state index >= 15 is 0 Å². The van der Waals surface area contributed by atoms with E-state index < -0.39 is 0 Å². The van der Waals surface area contributed by atoms with Crippen LogP contribution in [0.2, 0.25) is 0 Å². The number of hydrogen-bond donors (Lipinski definition) is 1. The fourth-order valence-corrected chi connectivity index (χ4v) is 4.77. The van der Waals surface area contributed by atoms with Crippen LogP contribution in [0.15, 0.2) is 59.5 Å². The van der Waals surface area contributed by atoms with Gasteiger partial charge in [-0.3, -0.25) is 9.59 Å². The summed E-state index contributed by atoms with van der Waals surface area (Å²) in [5.41, 5.74) is 1.94. The van der Waals surface area contributed by atoms with Gasteiger partial charge in [0.2, 0.25) is 5.91 Å². The maximum absolute atomic E-state index is 13.4. The molecule has 1 aliphatic heterocycles. The van der Waals surface area contributed by atoms with E-state index in [-0.39, 0.29) is 23.8 Å². The number of aromatic nitrogens is 3. The summed E-state index contributed by atoms with van der Waals surface area (Å²) < 4.78 is 16.5. The second kappa shape index (κ2) is 9.77. The van der Waals surface area contributed by atoms with E-state index in [2.05, 4.69) is 15.3 Å². The van der Waals surface area contributed by atoms with Crippen LogP contribution in [0.4, 0.5) is 4.39 Å². The largest absolute Gasteiger partial charge is 0.354 e. The second-order valence-electron chi connectivity index (χ2n) is 8.85. The number of nitrogens with one attached hydrogen (secondary N) is 1. The van der Waals surface area contributed by atoms with Crippen molar-refractivity contribution in [3.63, 3.8) is 0 Å². The first-order valence-corrected chi connectivity index (χ1v) is 11.8. The van der Waals surface area contributed by atoms with E-state index in [1.807, 2.05) is 28.8 Å². The predicted octanol–water partition coefficient (Wildman–Crippen LogP) is 3.14. The van der Waals surface area contributed by atoms with Gasteiger partial charge in [0.15, 0.2) is 0 Å². The summed E-state index contributed by atoms with van der Waals surface area (Å²) in [6.45, 7) is 4.12. The SMILES string of the molecule is O=C(Cn1ncc2c3ccccc3n(Cc3ccc(F)cc3)c2c1=O)NCCCN1CCCC1. The summed E-state index contributed by atoms with van der Waals surface area (Å²) in [5.74, 6) is -0.527. The molecule has 176 valence electrons. The lowest BCUT2D eigenvalue weighted by atomic mass is 10.2. The molecule has 0 bridgehead atoms. The number of carbonyl (C=O) groups excluding carboxylic acids is 1. The number of para-hydroxylation sites is 1. The van der Waals surface area contributed by atoms with E-state index in [0.717, 1.165) is 47.9 Å². The minimum atomic E-state index is -0.317. The Morgan fingerprint density at radius 3 is 2.59 bits per heavy atom. The standard InChI is InChI=1S/C26H28FN5O2/c27-20-10-8-19(9-11-20)17-31-23-7-2-1-6-21(23)22-16-29-32(26(34)25(22)31)18-24(33)28-12-5-15-30-13-3-4-14-30/h1-2,6-11,16H,3-5,12-15,17-18H2,(H,28,33). The Hall–Kier alpha value is -3.52. The molecule has 1 N–H and O–H groups in total. The number of nitrogens with zero attached hydrogens (tertiary/aromatic N) is 4. The molecule has 0 atom stereocenters. The maximum atomic E-state index is 13.4. The molecule has 1 saturated heterocycles. The van der Waals surface area contributed by atoms with Crippen molar-refractivity contribution in [2.45, 2.75) is 32.4 Å². The van der Waals surface area contributed by atoms with Crippen LogP contribution in [0.3, 0.4) is 0 Å². The fraction of sp³-hybridized carbons (Fsp3) is 0.346. The Balaban J connectivity index is 1.39. The molecule has 2 aromatic heterocycles. The van der Waals surface area contributed by atoms with Crippen molar-refractivity contribution in [3.8, 4) is 0 Å². The summed E-state index contributed by atoms with van der Waals surface area (Å²) >= 11 is 0. The van der Waals surface area contributed by atoms with Crippen molar-refractivity contribution >= 4 is 27.7 Å². The first-order valence-electron chi connectivity index (χ1n) is 11.8.